The lowest BCUT2D eigenvalue weighted by molar-refractivity contribution is 1.61. The van der Waals surface area contributed by atoms with Crippen LogP contribution in [-0.4, -0.2) is 8.40 Å². The van der Waals surface area contributed by atoms with Crippen molar-refractivity contribution in [2.45, 2.75) is 0 Å². The Morgan fingerprint density at radius 2 is 0.571 bits per heavy atom. The second-order valence-electron chi connectivity index (χ2n) is 8.71. The summed E-state index contributed by atoms with van der Waals surface area (Å²) in [5.74, 6) is 0. The van der Waals surface area contributed by atoms with Crippen molar-refractivity contribution in [3.8, 4) is 48.9 Å². The van der Waals surface area contributed by atoms with Crippen molar-refractivity contribution >= 4 is 8.40 Å². The highest BCUT2D eigenvalue weighted by Gasteiger charge is 2.19. The van der Waals surface area contributed by atoms with Crippen LogP contribution in [0.1, 0.15) is 0 Å². The van der Waals surface area contributed by atoms with E-state index in [9.17, 15) is 0 Å². The number of benzene rings is 5. The topological polar surface area (TPSA) is 0 Å². The minimum atomic E-state index is -1.30. The zero-order valence-electron chi connectivity index (χ0n) is 19.4. The van der Waals surface area contributed by atoms with Crippen molar-refractivity contribution in [1.82, 2.24) is 0 Å². The number of hydrogen-bond acceptors (Lipinski definition) is 0. The second kappa shape index (κ2) is 9.58. The van der Waals surface area contributed by atoms with Gasteiger partial charge in [0.25, 0.3) is 0 Å². The van der Waals surface area contributed by atoms with Crippen molar-refractivity contribution in [2.24, 2.45) is 0 Å². The third-order valence-electron chi connectivity index (χ3n) is 6.56. The highest BCUT2D eigenvalue weighted by Crippen LogP contribution is 2.49. The van der Waals surface area contributed by atoms with Crippen molar-refractivity contribution in [1.29, 1.82) is 0 Å². The zero-order valence-corrected chi connectivity index (χ0v) is 20.4. The van der Waals surface area contributed by atoms with Gasteiger partial charge in [0.1, 0.15) is 0 Å². The van der Waals surface area contributed by atoms with E-state index in [4.69, 9.17) is 0 Å². The normalized spacial score (nSPS) is 10.9. The van der Waals surface area contributed by atoms with Crippen LogP contribution in [0.15, 0.2) is 152 Å². The van der Waals surface area contributed by atoms with Crippen molar-refractivity contribution in [3.05, 3.63) is 152 Å². The average Bonchev–Trinajstić information content (AvgIpc) is 3.32. The average molecular weight is 462 g/mol. The molecule has 0 amide bonds. The standard InChI is InChI=1S/C34H25Si/c1-6-16-26(17-7-1)31-32(27-18-8-2-9-19-27)34(29-22-12-4-13-23-29)35(30-24-14-5-15-25-30)33(31)28-20-10-3-11-21-28/h1-25H/q-1. The molecule has 35 heavy (non-hydrogen) atoms. The van der Waals surface area contributed by atoms with Crippen LogP contribution in [0.2, 0.25) is 0 Å². The Morgan fingerprint density at radius 3 is 0.914 bits per heavy atom. The first-order chi connectivity index (χ1) is 17.4. The Kier molecular flexibility index (Phi) is 5.84. The Hall–Kier alpha value is -4.20. The maximum Gasteiger partial charge on any atom is -0.0205 e. The Labute approximate surface area is 208 Å². The molecule has 0 aliphatic carbocycles. The molecule has 0 bridgehead atoms. The number of rotatable bonds is 5. The highest BCUT2D eigenvalue weighted by atomic mass is 28.2. The van der Waals surface area contributed by atoms with Gasteiger partial charge in [-0.3, -0.25) is 0 Å². The lowest BCUT2D eigenvalue weighted by Crippen LogP contribution is -2.02. The summed E-state index contributed by atoms with van der Waals surface area (Å²) in [6.45, 7) is 0. The largest absolute Gasteiger partial charge is 0.216 e. The van der Waals surface area contributed by atoms with Gasteiger partial charge in [-0.1, -0.05) is 163 Å². The molecular weight excluding hydrogens is 436 g/mol. The fourth-order valence-corrected chi connectivity index (χ4v) is 8.39. The molecule has 1 heteroatoms. The fraction of sp³-hybridized carbons (Fsp3) is 0. The van der Waals surface area contributed by atoms with Gasteiger partial charge in [-0.15, -0.1) is 0 Å². The molecule has 166 valence electrons. The minimum absolute atomic E-state index is 1.27. The van der Waals surface area contributed by atoms with Crippen LogP contribution >= 0.6 is 0 Å². The van der Waals surface area contributed by atoms with Crippen LogP contribution < -0.4 is 0 Å². The van der Waals surface area contributed by atoms with Crippen molar-refractivity contribution in [3.63, 3.8) is 0 Å². The summed E-state index contributed by atoms with van der Waals surface area (Å²) in [5.41, 5.74) is 7.88. The van der Waals surface area contributed by atoms with Crippen LogP contribution in [0.5, 0.6) is 0 Å². The van der Waals surface area contributed by atoms with Gasteiger partial charge >= 0.3 is 0 Å². The third kappa shape index (κ3) is 4.01. The first-order valence-corrected chi connectivity index (χ1v) is 13.6. The Morgan fingerprint density at radius 1 is 0.286 bits per heavy atom. The molecule has 0 unspecified atom stereocenters. The van der Waals surface area contributed by atoms with Crippen LogP contribution in [-0.2, 0) is 0 Å². The monoisotopic (exact) mass is 461 g/mol. The Bertz CT molecular complexity index is 1240. The van der Waals surface area contributed by atoms with Gasteiger partial charge in [-0.05, 0) is 22.3 Å². The Balaban J connectivity index is 1.86. The van der Waals surface area contributed by atoms with E-state index < -0.39 is 8.40 Å². The second-order valence-corrected chi connectivity index (χ2v) is 11.0. The quantitative estimate of drug-likeness (QED) is 0.225. The van der Waals surface area contributed by atoms with Gasteiger partial charge in [0.2, 0.25) is 0 Å². The summed E-state index contributed by atoms with van der Waals surface area (Å²) in [4.78, 5) is 0. The molecule has 5 aromatic carbocycles. The summed E-state index contributed by atoms with van der Waals surface area (Å²) in [6.07, 6.45) is 0. The molecule has 0 spiro atoms. The van der Waals surface area contributed by atoms with E-state index in [-0.39, 0.29) is 0 Å². The molecule has 0 nitrogen and oxygen atoms in total. The van der Waals surface area contributed by atoms with Crippen molar-refractivity contribution < 1.29 is 0 Å². The lowest BCUT2D eigenvalue weighted by atomic mass is 9.91. The summed E-state index contributed by atoms with van der Waals surface area (Å²) >= 11 is 0. The van der Waals surface area contributed by atoms with Gasteiger partial charge in [0.05, 0.1) is 0 Å². The first kappa shape index (κ1) is 21.3. The van der Waals surface area contributed by atoms with Gasteiger partial charge in [0.15, 0.2) is 0 Å². The van der Waals surface area contributed by atoms with E-state index >= 15 is 0 Å². The van der Waals surface area contributed by atoms with Crippen molar-refractivity contribution in [2.75, 3.05) is 0 Å². The van der Waals surface area contributed by atoms with Crippen LogP contribution in [0.3, 0.4) is 0 Å². The minimum Gasteiger partial charge on any atom is -0.216 e. The summed E-state index contributed by atoms with van der Waals surface area (Å²) < 4.78 is 0. The summed E-state index contributed by atoms with van der Waals surface area (Å²) in [6, 6.07) is 55.0. The maximum atomic E-state index is 2.32. The molecule has 6 aromatic rings. The van der Waals surface area contributed by atoms with E-state index in [2.05, 4.69) is 152 Å². The smallest absolute Gasteiger partial charge is 0.0205 e. The van der Waals surface area contributed by atoms with E-state index in [1.807, 2.05) is 0 Å². The molecule has 6 rings (SSSR count). The zero-order chi connectivity index (χ0) is 23.5. The van der Waals surface area contributed by atoms with Crippen LogP contribution in [0.4, 0.5) is 0 Å². The molecule has 0 saturated heterocycles. The molecule has 0 N–H and O–H groups in total. The van der Waals surface area contributed by atoms with E-state index in [0.717, 1.165) is 0 Å². The molecule has 0 radical (unpaired) electrons. The van der Waals surface area contributed by atoms with Crippen LogP contribution in [0, 0.1) is 0 Å². The third-order valence-corrected chi connectivity index (χ3v) is 9.55. The van der Waals surface area contributed by atoms with Gasteiger partial charge in [-0.2, -0.15) is 15.5 Å². The van der Waals surface area contributed by atoms with E-state index in [0.29, 0.717) is 0 Å². The van der Waals surface area contributed by atoms with Crippen LogP contribution in [0.25, 0.3) is 48.9 Å². The predicted octanol–water partition coefficient (Wildman–Crippen LogP) is 9.09. The number of hydrogen-bond donors (Lipinski definition) is 0. The molecule has 0 atom stereocenters. The fourth-order valence-electron chi connectivity index (χ4n) is 5.09. The summed E-state index contributed by atoms with van der Waals surface area (Å²) in [7, 11) is -1.30. The molecule has 0 aliphatic heterocycles. The SMILES string of the molecule is c1ccc(-c2c(-c3ccccc3)c(-c3ccccc3)[si-](-c3ccccc3)c2-c2ccccc2)cc1. The predicted molar refractivity (Wildman–Crippen MR) is 151 cm³/mol. The maximum absolute atomic E-state index is 2.32. The molecule has 0 aliphatic rings. The summed E-state index contributed by atoms with van der Waals surface area (Å²) in [5, 5.41) is 4.34. The highest BCUT2D eigenvalue weighted by molar-refractivity contribution is 6.80. The molecule has 1 heterocycles. The van der Waals surface area contributed by atoms with Gasteiger partial charge in [-0.25, -0.2) is 8.40 Å². The van der Waals surface area contributed by atoms with E-state index in [1.54, 1.807) is 0 Å². The molecule has 0 fully saturated rings. The molecular formula is C34H25Si-. The molecule has 0 saturated carbocycles. The first-order valence-electron chi connectivity index (χ1n) is 12.1. The van der Waals surface area contributed by atoms with E-state index in [1.165, 1.54) is 48.9 Å². The lowest BCUT2D eigenvalue weighted by Gasteiger charge is -2.24. The van der Waals surface area contributed by atoms with Gasteiger partial charge < -0.3 is 0 Å². The van der Waals surface area contributed by atoms with Gasteiger partial charge in [0, 0.05) is 0 Å². The molecule has 1 aromatic heterocycles.